The third-order valence-electron chi connectivity index (χ3n) is 9.02. The van der Waals surface area contributed by atoms with E-state index < -0.39 is 18.0 Å². The largest absolute Gasteiger partial charge is 0.489 e. The predicted octanol–water partition coefficient (Wildman–Crippen LogP) is 10.2. The van der Waals surface area contributed by atoms with Crippen LogP contribution in [0.15, 0.2) is 155 Å². The van der Waals surface area contributed by atoms with E-state index in [0.29, 0.717) is 34.7 Å². The van der Waals surface area contributed by atoms with Crippen LogP contribution in [0.25, 0.3) is 5.53 Å². The summed E-state index contributed by atoms with van der Waals surface area (Å²) in [6.45, 7) is 1.26. The highest BCUT2D eigenvalue weighted by Gasteiger charge is 2.41. The molecule has 7 rings (SSSR count). The molecule has 12 heteroatoms. The predicted molar refractivity (Wildman–Crippen MR) is 225 cm³/mol. The molecule has 0 spiro atoms. The van der Waals surface area contributed by atoms with Crippen molar-refractivity contribution < 1.29 is 42.8 Å². The second kappa shape index (κ2) is 20.3. The number of esters is 2. The Labute approximate surface area is 353 Å². The summed E-state index contributed by atoms with van der Waals surface area (Å²) in [7, 11) is 2.61. The van der Waals surface area contributed by atoms with Gasteiger partial charge >= 0.3 is 17.7 Å². The van der Waals surface area contributed by atoms with Crippen LogP contribution in [0.3, 0.4) is 0 Å². The van der Waals surface area contributed by atoms with Crippen LogP contribution in [0.2, 0.25) is 0 Å². The van der Waals surface area contributed by atoms with Crippen LogP contribution in [0.5, 0.6) is 23.0 Å². The van der Waals surface area contributed by atoms with Gasteiger partial charge in [-0.3, -0.25) is 4.79 Å². The van der Waals surface area contributed by atoms with Gasteiger partial charge in [-0.2, -0.15) is 4.79 Å². The quantitative estimate of drug-likeness (QED) is 0.0485. The lowest BCUT2D eigenvalue weighted by Gasteiger charge is -2.18. The Morgan fingerprint density at radius 1 is 0.638 bits per heavy atom. The Kier molecular flexibility index (Phi) is 14.5. The fourth-order valence-corrected chi connectivity index (χ4v) is 6.81. The summed E-state index contributed by atoms with van der Waals surface area (Å²) in [5.41, 5.74) is 14.2. The third kappa shape index (κ3) is 10.8. The van der Waals surface area contributed by atoms with E-state index in [1.165, 1.54) is 14.2 Å². The number of hydrogen-bond acceptors (Lipinski definition) is 8. The fraction of sp³-hybridized carbons (Fsp3) is 0.152. The van der Waals surface area contributed by atoms with E-state index in [1.54, 1.807) is 18.2 Å². The van der Waals surface area contributed by atoms with Gasteiger partial charge in [0.15, 0.2) is 0 Å². The van der Waals surface area contributed by atoms with Crippen molar-refractivity contribution in [3.8, 4) is 23.0 Å². The number of ether oxygens (including phenoxy) is 6. The minimum atomic E-state index is -0.764. The highest BCUT2D eigenvalue weighted by atomic mass is 79.9. The molecule has 294 valence electrons. The molecule has 1 aliphatic heterocycles. The first-order chi connectivity index (χ1) is 28.3. The number of methoxy groups -OCH3 is 2. The van der Waals surface area contributed by atoms with Crippen molar-refractivity contribution in [2.24, 2.45) is 0 Å². The van der Waals surface area contributed by atoms with Crippen molar-refractivity contribution in [1.82, 2.24) is 0 Å². The SMILES string of the molecule is COC(=O)C(=[N+]=[N-])c1cc(Br)ccc1OCc1ccc(OCc2ccccc2)cc1.COC(=O)[C@@H]1c2cc(Br)ccc2O[C@@H]1c1ccc(OCc2ccccc2)cc1. The summed E-state index contributed by atoms with van der Waals surface area (Å²) >= 11 is 6.80. The number of benzene rings is 6. The first-order valence-electron chi connectivity index (χ1n) is 18.1. The number of fused-ring (bicyclic) bond motifs is 1. The summed E-state index contributed by atoms with van der Waals surface area (Å²) in [5.74, 6) is 1.03. The zero-order valence-corrected chi connectivity index (χ0v) is 34.7. The molecule has 10 nitrogen and oxygen atoms in total. The molecular formula is C46H38Br2N2O8. The number of hydrogen-bond donors (Lipinski definition) is 0. The molecule has 1 heterocycles. The van der Waals surface area contributed by atoms with E-state index in [-0.39, 0.29) is 18.3 Å². The third-order valence-corrected chi connectivity index (χ3v) is 10.0. The van der Waals surface area contributed by atoms with Crippen LogP contribution >= 0.6 is 31.9 Å². The van der Waals surface area contributed by atoms with Gasteiger partial charge in [0.2, 0.25) is 0 Å². The minimum absolute atomic E-state index is 0.238. The van der Waals surface area contributed by atoms with Crippen LogP contribution < -0.4 is 18.9 Å². The molecule has 0 bridgehead atoms. The Bertz CT molecular complexity index is 2370. The van der Waals surface area contributed by atoms with Crippen molar-refractivity contribution in [3.63, 3.8) is 0 Å². The molecule has 0 radical (unpaired) electrons. The van der Waals surface area contributed by atoms with E-state index in [4.69, 9.17) is 23.7 Å². The molecular weight excluding hydrogens is 868 g/mol. The van der Waals surface area contributed by atoms with Crippen molar-refractivity contribution in [3.05, 3.63) is 193 Å². The van der Waals surface area contributed by atoms with Crippen LogP contribution in [-0.2, 0) is 38.9 Å². The lowest BCUT2D eigenvalue weighted by atomic mass is 9.91. The molecule has 1 aliphatic rings. The summed E-state index contributed by atoms with van der Waals surface area (Å²) in [6, 6.07) is 45.9. The summed E-state index contributed by atoms with van der Waals surface area (Å²) < 4.78 is 34.9. The Morgan fingerprint density at radius 3 is 1.74 bits per heavy atom. The van der Waals surface area contributed by atoms with Gasteiger partial charge in [0.25, 0.3) is 0 Å². The molecule has 58 heavy (non-hydrogen) atoms. The van der Waals surface area contributed by atoms with Gasteiger partial charge in [-0.1, -0.05) is 117 Å². The van der Waals surface area contributed by atoms with Crippen LogP contribution in [-0.4, -0.2) is 36.7 Å². The van der Waals surface area contributed by atoms with Crippen molar-refractivity contribution in [2.45, 2.75) is 31.8 Å². The zero-order chi connectivity index (χ0) is 40.9. The second-order valence-electron chi connectivity index (χ2n) is 12.9. The summed E-state index contributed by atoms with van der Waals surface area (Å²) in [5, 5.41) is 0. The van der Waals surface area contributed by atoms with E-state index in [1.807, 2.05) is 127 Å². The Morgan fingerprint density at radius 2 is 1.17 bits per heavy atom. The van der Waals surface area contributed by atoms with Crippen molar-refractivity contribution in [2.75, 3.05) is 14.2 Å². The average Bonchev–Trinajstić information content (AvgIpc) is 3.64. The lowest BCUT2D eigenvalue weighted by molar-refractivity contribution is -0.144. The van der Waals surface area contributed by atoms with E-state index in [9.17, 15) is 15.1 Å². The normalized spacial score (nSPS) is 13.7. The van der Waals surface area contributed by atoms with Gasteiger partial charge in [0.05, 0.1) is 14.2 Å². The first-order valence-corrected chi connectivity index (χ1v) is 19.6. The summed E-state index contributed by atoms with van der Waals surface area (Å²) in [6.07, 6.45) is -0.431. The second-order valence-corrected chi connectivity index (χ2v) is 14.7. The van der Waals surface area contributed by atoms with Gasteiger partial charge in [-0.15, -0.1) is 0 Å². The smallest absolute Gasteiger partial charge is 0.422 e. The van der Waals surface area contributed by atoms with Crippen LogP contribution in [0, 0.1) is 0 Å². The monoisotopic (exact) mass is 904 g/mol. The number of halogens is 2. The van der Waals surface area contributed by atoms with Crippen molar-refractivity contribution >= 4 is 49.5 Å². The van der Waals surface area contributed by atoms with Crippen LogP contribution in [0.4, 0.5) is 0 Å². The van der Waals surface area contributed by atoms with E-state index >= 15 is 0 Å². The minimum Gasteiger partial charge on any atom is -0.489 e. The van der Waals surface area contributed by atoms with Gasteiger partial charge in [0, 0.05) is 14.5 Å². The molecule has 0 saturated heterocycles. The maximum absolute atomic E-state index is 12.5. The van der Waals surface area contributed by atoms with Crippen molar-refractivity contribution in [1.29, 1.82) is 0 Å². The lowest BCUT2D eigenvalue weighted by Crippen LogP contribution is -2.20. The molecule has 0 fully saturated rings. The van der Waals surface area contributed by atoms with Gasteiger partial charge in [0.1, 0.15) is 60.4 Å². The number of rotatable bonds is 13. The standard InChI is InChI=1S/C23H19BrN2O4.C23H19BrO4/c1-28-23(27)22(26-25)20-13-18(24)9-12-21(20)30-15-17-7-10-19(11-8-17)29-14-16-5-3-2-4-6-16;1-26-23(25)21-19-13-17(24)9-12-20(19)28-22(21)16-7-10-18(11-8-16)27-14-15-5-3-2-4-6-15/h2-13H,14-15H2,1H3;2-13,21-22H,14H2,1H3/t;21-,22-/m.1/s1. The molecule has 0 N–H and O–H groups in total. The fourth-order valence-electron chi connectivity index (χ4n) is 6.07. The maximum atomic E-state index is 12.5. The van der Waals surface area contributed by atoms with Gasteiger partial charge in [-0.25, -0.2) is 4.79 Å². The molecule has 0 amide bonds. The maximum Gasteiger partial charge on any atom is 0.422 e. The molecule has 2 atom stereocenters. The summed E-state index contributed by atoms with van der Waals surface area (Å²) in [4.78, 5) is 27.4. The highest BCUT2D eigenvalue weighted by Crippen LogP contribution is 2.47. The van der Waals surface area contributed by atoms with E-state index in [2.05, 4.69) is 41.4 Å². The Balaban J connectivity index is 0.000000196. The molecule has 0 unspecified atom stereocenters. The van der Waals surface area contributed by atoms with Crippen LogP contribution in [0.1, 0.15) is 45.4 Å². The van der Waals surface area contributed by atoms with Gasteiger partial charge in [-0.05, 0) is 82.9 Å². The topological polar surface area (TPSA) is 126 Å². The molecule has 6 aromatic rings. The van der Waals surface area contributed by atoms with E-state index in [0.717, 1.165) is 43.8 Å². The van der Waals surface area contributed by atoms with Gasteiger partial charge < -0.3 is 34.0 Å². The number of carbonyl (C=O) groups is 2. The molecule has 0 saturated carbocycles. The average molecular weight is 907 g/mol. The molecule has 0 aliphatic carbocycles. The molecule has 0 aromatic heterocycles. The number of nitrogens with zero attached hydrogens (tertiary/aromatic N) is 2. The zero-order valence-electron chi connectivity index (χ0n) is 31.5. The first kappa shape index (κ1) is 41.4. The number of carbonyl (C=O) groups excluding carboxylic acids is 2. The molecule has 6 aromatic carbocycles. The Hall–Kier alpha value is -6.20. The highest BCUT2D eigenvalue weighted by molar-refractivity contribution is 9.10.